The van der Waals surface area contributed by atoms with Gasteiger partial charge in [-0.2, -0.15) is 4.98 Å². The van der Waals surface area contributed by atoms with Crippen molar-refractivity contribution in [2.45, 2.75) is 51.9 Å². The molecule has 0 amide bonds. The number of aromatic nitrogens is 3. The van der Waals surface area contributed by atoms with E-state index >= 15 is 0 Å². The van der Waals surface area contributed by atoms with Crippen LogP contribution in [-0.2, 0) is 6.42 Å². The Hall–Kier alpha value is -1.75. The summed E-state index contributed by atoms with van der Waals surface area (Å²) in [5, 5.41) is 20.2. The van der Waals surface area contributed by atoms with Gasteiger partial charge in [0.1, 0.15) is 5.69 Å². The van der Waals surface area contributed by atoms with Gasteiger partial charge in [0.2, 0.25) is 0 Å². The van der Waals surface area contributed by atoms with E-state index in [1.807, 2.05) is 18.2 Å². The quantitative estimate of drug-likeness (QED) is 0.261. The monoisotopic (exact) mass is 528 g/mol. The van der Waals surface area contributed by atoms with Gasteiger partial charge in [-0.1, -0.05) is 30.5 Å². The zero-order valence-corrected chi connectivity index (χ0v) is 20.0. The van der Waals surface area contributed by atoms with Gasteiger partial charge in [-0.15, -0.1) is 24.0 Å². The van der Waals surface area contributed by atoms with Gasteiger partial charge < -0.3 is 20.3 Å². The van der Waals surface area contributed by atoms with E-state index in [1.54, 1.807) is 6.20 Å². The van der Waals surface area contributed by atoms with Crippen LogP contribution in [0.15, 0.2) is 33.9 Å². The number of aliphatic imine (C=N–C) groups is 1. The van der Waals surface area contributed by atoms with E-state index in [1.165, 1.54) is 19.3 Å². The zero-order valence-electron chi connectivity index (χ0n) is 17.6. The molecule has 0 spiro atoms. The Kier molecular flexibility index (Phi) is 10.5. The fourth-order valence-electron chi connectivity index (χ4n) is 3.86. The van der Waals surface area contributed by atoms with E-state index in [9.17, 15) is 5.11 Å². The van der Waals surface area contributed by atoms with Crippen LogP contribution < -0.4 is 10.6 Å². The van der Waals surface area contributed by atoms with Crippen LogP contribution in [0.3, 0.4) is 0 Å². The molecular weight excluding hydrogens is 495 g/mol. The van der Waals surface area contributed by atoms with E-state index < -0.39 is 0 Å². The summed E-state index contributed by atoms with van der Waals surface area (Å²) in [7, 11) is 0. The number of aliphatic hydroxyl groups is 1. The van der Waals surface area contributed by atoms with Gasteiger partial charge >= 0.3 is 0 Å². The number of halogens is 1. The van der Waals surface area contributed by atoms with Crippen molar-refractivity contribution in [3.63, 3.8) is 0 Å². The molecular formula is C21H33IN6O2. The van der Waals surface area contributed by atoms with E-state index in [0.29, 0.717) is 30.4 Å². The summed E-state index contributed by atoms with van der Waals surface area (Å²) in [6, 6.07) is 5.59. The van der Waals surface area contributed by atoms with Crippen molar-refractivity contribution in [3.05, 3.63) is 30.2 Å². The average Bonchev–Trinajstić information content (AvgIpc) is 3.23. The lowest BCUT2D eigenvalue weighted by Crippen LogP contribution is -2.40. The van der Waals surface area contributed by atoms with Gasteiger partial charge in [0.05, 0.1) is 0 Å². The highest BCUT2D eigenvalue weighted by molar-refractivity contribution is 14.0. The van der Waals surface area contributed by atoms with Crippen molar-refractivity contribution in [3.8, 4) is 11.6 Å². The number of guanidine groups is 1. The van der Waals surface area contributed by atoms with E-state index in [-0.39, 0.29) is 36.0 Å². The summed E-state index contributed by atoms with van der Waals surface area (Å²) >= 11 is 0. The predicted octanol–water partition coefficient (Wildman–Crippen LogP) is 3.18. The maximum atomic E-state index is 9.50. The molecule has 0 aliphatic heterocycles. The Labute approximate surface area is 195 Å². The third-order valence-electron chi connectivity index (χ3n) is 5.47. The highest BCUT2D eigenvalue weighted by atomic mass is 127. The fraction of sp³-hybridized carbons (Fsp3) is 0.619. The van der Waals surface area contributed by atoms with Crippen molar-refractivity contribution in [2.75, 3.05) is 26.2 Å². The number of pyridine rings is 1. The van der Waals surface area contributed by atoms with Crippen LogP contribution in [0.25, 0.3) is 11.6 Å². The Balaban J connectivity index is 0.00000320. The molecule has 30 heavy (non-hydrogen) atoms. The fourth-order valence-corrected chi connectivity index (χ4v) is 3.86. The largest absolute Gasteiger partial charge is 0.396 e. The molecule has 2 aromatic rings. The SMILES string of the molecule is CCNC(=NCC1(CCO)CCCCC1)NCCc1noc(-c2ccccn2)n1.I. The highest BCUT2D eigenvalue weighted by Gasteiger charge is 2.31. The molecule has 9 heteroatoms. The molecule has 1 fully saturated rings. The molecule has 0 unspecified atom stereocenters. The summed E-state index contributed by atoms with van der Waals surface area (Å²) in [6.07, 6.45) is 9.21. The van der Waals surface area contributed by atoms with Crippen LogP contribution >= 0.6 is 24.0 Å². The van der Waals surface area contributed by atoms with Crippen molar-refractivity contribution < 1.29 is 9.63 Å². The lowest BCUT2D eigenvalue weighted by atomic mass is 9.72. The van der Waals surface area contributed by atoms with Crippen LogP contribution in [-0.4, -0.2) is 52.4 Å². The number of aliphatic hydroxyl groups excluding tert-OH is 1. The minimum Gasteiger partial charge on any atom is -0.396 e. The third kappa shape index (κ3) is 7.19. The summed E-state index contributed by atoms with van der Waals surface area (Å²) in [4.78, 5) is 13.5. The molecule has 2 heterocycles. The number of rotatable bonds is 9. The summed E-state index contributed by atoms with van der Waals surface area (Å²) in [6.45, 7) is 4.48. The summed E-state index contributed by atoms with van der Waals surface area (Å²) in [5.41, 5.74) is 0.816. The number of nitrogens with one attached hydrogen (secondary N) is 2. The first kappa shape index (κ1) is 24.5. The second-order valence-electron chi connectivity index (χ2n) is 7.64. The topological polar surface area (TPSA) is 108 Å². The first-order chi connectivity index (χ1) is 14.2. The van der Waals surface area contributed by atoms with Crippen molar-refractivity contribution in [1.29, 1.82) is 0 Å². The highest BCUT2D eigenvalue weighted by Crippen LogP contribution is 2.39. The molecule has 1 saturated carbocycles. The Bertz CT molecular complexity index is 756. The molecule has 0 radical (unpaired) electrons. The molecule has 0 saturated heterocycles. The third-order valence-corrected chi connectivity index (χ3v) is 5.47. The molecule has 0 atom stereocenters. The molecule has 1 aliphatic rings. The molecule has 3 N–H and O–H groups in total. The van der Waals surface area contributed by atoms with Crippen molar-refractivity contribution in [2.24, 2.45) is 10.4 Å². The first-order valence-electron chi connectivity index (χ1n) is 10.6. The van der Waals surface area contributed by atoms with Crippen LogP contribution in [0.5, 0.6) is 0 Å². The van der Waals surface area contributed by atoms with Gasteiger partial charge in [-0.25, -0.2) is 0 Å². The van der Waals surface area contributed by atoms with Crippen LogP contribution in [0.2, 0.25) is 0 Å². The molecule has 8 nitrogen and oxygen atoms in total. The molecule has 0 bridgehead atoms. The number of nitrogens with zero attached hydrogens (tertiary/aromatic N) is 4. The van der Waals surface area contributed by atoms with E-state index in [4.69, 9.17) is 9.52 Å². The van der Waals surface area contributed by atoms with Crippen molar-refractivity contribution >= 4 is 29.9 Å². The molecule has 1 aliphatic carbocycles. The number of hydrogen-bond donors (Lipinski definition) is 3. The van der Waals surface area contributed by atoms with Gasteiger partial charge in [-0.05, 0) is 43.7 Å². The Morgan fingerprint density at radius 1 is 1.23 bits per heavy atom. The summed E-state index contributed by atoms with van der Waals surface area (Å²) in [5.74, 6) is 1.87. The Morgan fingerprint density at radius 2 is 2.07 bits per heavy atom. The van der Waals surface area contributed by atoms with Gasteiger partial charge in [0.15, 0.2) is 11.8 Å². The second kappa shape index (κ2) is 12.8. The van der Waals surface area contributed by atoms with Gasteiger partial charge in [0, 0.05) is 38.9 Å². The Morgan fingerprint density at radius 3 is 2.77 bits per heavy atom. The maximum absolute atomic E-state index is 9.50. The van der Waals surface area contributed by atoms with Crippen LogP contribution in [0, 0.1) is 5.41 Å². The zero-order chi connectivity index (χ0) is 20.4. The minimum atomic E-state index is 0. The van der Waals surface area contributed by atoms with Crippen LogP contribution in [0.4, 0.5) is 0 Å². The lowest BCUT2D eigenvalue weighted by Gasteiger charge is -2.35. The normalized spacial score (nSPS) is 16.0. The lowest BCUT2D eigenvalue weighted by molar-refractivity contribution is 0.137. The van der Waals surface area contributed by atoms with Gasteiger partial charge in [0.25, 0.3) is 5.89 Å². The maximum Gasteiger partial charge on any atom is 0.276 e. The molecule has 166 valence electrons. The van der Waals surface area contributed by atoms with Crippen LogP contribution in [0.1, 0.15) is 51.3 Å². The van der Waals surface area contributed by atoms with Crippen molar-refractivity contribution in [1.82, 2.24) is 25.8 Å². The van der Waals surface area contributed by atoms with E-state index in [0.717, 1.165) is 38.3 Å². The standard InChI is InChI=1S/C21H32N6O2.HI/c1-2-22-20(25-16-21(12-15-28)10-5-3-6-11-21)24-14-9-18-26-19(29-27-18)17-8-4-7-13-23-17;/h4,7-8,13,28H,2-3,5-6,9-12,14-16H2,1H3,(H2,22,24,25);1H. The first-order valence-corrected chi connectivity index (χ1v) is 10.6. The number of hydrogen-bond acceptors (Lipinski definition) is 6. The molecule has 3 rings (SSSR count). The minimum absolute atomic E-state index is 0. The average molecular weight is 528 g/mol. The van der Waals surface area contributed by atoms with E-state index in [2.05, 4.69) is 32.7 Å². The molecule has 2 aromatic heterocycles. The van der Waals surface area contributed by atoms with Gasteiger partial charge in [-0.3, -0.25) is 9.98 Å². The predicted molar refractivity (Wildman–Crippen MR) is 128 cm³/mol. The summed E-state index contributed by atoms with van der Waals surface area (Å²) < 4.78 is 5.30. The smallest absolute Gasteiger partial charge is 0.276 e. The second-order valence-corrected chi connectivity index (χ2v) is 7.64. The molecule has 0 aromatic carbocycles.